The standard InChI is InChI=1S/C11H14ClNO3S/c1-7-2-3-8(4-9(7)12)13-10-5-17(15,16)6-11(10)14/h2-4,10-11,13-14H,5-6H2,1H3/t10-,11-/m1/s1. The number of rotatable bonds is 2. The smallest absolute Gasteiger partial charge is 0.155 e. The third-order valence-corrected chi connectivity index (χ3v) is 4.97. The number of hydrogen-bond acceptors (Lipinski definition) is 4. The summed E-state index contributed by atoms with van der Waals surface area (Å²) in [7, 11) is -3.13. The Bertz CT molecular complexity index is 530. The van der Waals surface area contributed by atoms with E-state index in [2.05, 4.69) is 5.32 Å². The van der Waals surface area contributed by atoms with Gasteiger partial charge in [-0.15, -0.1) is 0 Å². The van der Waals surface area contributed by atoms with Gasteiger partial charge in [-0.05, 0) is 24.6 Å². The average molecular weight is 276 g/mol. The van der Waals surface area contributed by atoms with Gasteiger partial charge in [0.1, 0.15) is 0 Å². The molecular weight excluding hydrogens is 262 g/mol. The Kier molecular flexibility index (Phi) is 3.34. The number of benzene rings is 1. The highest BCUT2D eigenvalue weighted by Crippen LogP contribution is 2.23. The van der Waals surface area contributed by atoms with Crippen molar-refractivity contribution in [1.29, 1.82) is 0 Å². The van der Waals surface area contributed by atoms with E-state index in [1.54, 1.807) is 6.07 Å². The highest BCUT2D eigenvalue weighted by molar-refractivity contribution is 7.91. The molecule has 1 aromatic rings. The number of hydrogen-bond donors (Lipinski definition) is 2. The molecule has 0 spiro atoms. The summed E-state index contributed by atoms with van der Waals surface area (Å²) >= 11 is 5.97. The van der Waals surface area contributed by atoms with Gasteiger partial charge in [-0.25, -0.2) is 8.42 Å². The van der Waals surface area contributed by atoms with Crippen molar-refractivity contribution in [3.05, 3.63) is 28.8 Å². The first-order valence-electron chi connectivity index (χ1n) is 5.28. The molecule has 4 nitrogen and oxygen atoms in total. The first-order chi connectivity index (χ1) is 7.87. The summed E-state index contributed by atoms with van der Waals surface area (Å²) in [4.78, 5) is 0. The molecule has 1 aromatic carbocycles. The molecule has 0 bridgehead atoms. The van der Waals surface area contributed by atoms with Gasteiger partial charge in [0.25, 0.3) is 0 Å². The topological polar surface area (TPSA) is 66.4 Å². The number of sulfone groups is 1. The summed E-state index contributed by atoms with van der Waals surface area (Å²) in [6.07, 6.45) is -0.861. The molecule has 1 aliphatic rings. The van der Waals surface area contributed by atoms with E-state index in [1.165, 1.54) is 0 Å². The molecule has 1 heterocycles. The molecule has 0 aliphatic carbocycles. The summed E-state index contributed by atoms with van der Waals surface area (Å²) < 4.78 is 22.7. The maximum Gasteiger partial charge on any atom is 0.155 e. The summed E-state index contributed by atoms with van der Waals surface area (Å²) in [5.74, 6) is -0.218. The second kappa shape index (κ2) is 4.48. The predicted molar refractivity (Wildman–Crippen MR) is 68.3 cm³/mol. The van der Waals surface area contributed by atoms with Crippen LogP contribution in [-0.4, -0.2) is 37.2 Å². The normalized spacial score (nSPS) is 27.0. The van der Waals surface area contributed by atoms with Crippen LogP contribution in [-0.2, 0) is 9.84 Å². The lowest BCUT2D eigenvalue weighted by Gasteiger charge is -2.16. The number of aliphatic hydroxyl groups excluding tert-OH is 1. The van der Waals surface area contributed by atoms with Gasteiger partial charge in [0.05, 0.1) is 23.7 Å². The van der Waals surface area contributed by atoms with Crippen molar-refractivity contribution in [3.63, 3.8) is 0 Å². The Morgan fingerprint density at radius 2 is 2.12 bits per heavy atom. The first kappa shape index (κ1) is 12.7. The summed E-state index contributed by atoms with van der Waals surface area (Å²) in [6.45, 7) is 1.89. The Labute approximate surface area is 106 Å². The second-order valence-corrected chi connectivity index (χ2v) is 6.92. The summed E-state index contributed by atoms with van der Waals surface area (Å²) in [5.41, 5.74) is 1.68. The zero-order valence-corrected chi connectivity index (χ0v) is 10.9. The SMILES string of the molecule is Cc1ccc(N[C@@H]2CS(=O)(=O)C[C@H]2O)cc1Cl. The maximum atomic E-state index is 11.3. The van der Waals surface area contributed by atoms with E-state index in [4.69, 9.17) is 11.6 Å². The molecule has 2 atom stereocenters. The third-order valence-electron chi connectivity index (χ3n) is 2.85. The van der Waals surface area contributed by atoms with Crippen LogP contribution in [0.15, 0.2) is 18.2 Å². The molecule has 0 aromatic heterocycles. The molecule has 17 heavy (non-hydrogen) atoms. The minimum atomic E-state index is -3.13. The Hall–Kier alpha value is -0.780. The Morgan fingerprint density at radius 1 is 1.41 bits per heavy atom. The zero-order chi connectivity index (χ0) is 12.6. The lowest BCUT2D eigenvalue weighted by atomic mass is 10.2. The molecule has 0 unspecified atom stereocenters. The molecular formula is C11H14ClNO3S. The van der Waals surface area contributed by atoms with Gasteiger partial charge in [-0.1, -0.05) is 17.7 Å². The van der Waals surface area contributed by atoms with Crippen LogP contribution in [0, 0.1) is 6.92 Å². The number of aryl methyl sites for hydroxylation is 1. The molecule has 6 heteroatoms. The van der Waals surface area contributed by atoms with Crippen LogP contribution in [0.4, 0.5) is 5.69 Å². The molecule has 2 N–H and O–H groups in total. The average Bonchev–Trinajstić information content (AvgIpc) is 2.46. The highest BCUT2D eigenvalue weighted by Gasteiger charge is 2.36. The first-order valence-corrected chi connectivity index (χ1v) is 7.48. The van der Waals surface area contributed by atoms with Gasteiger partial charge < -0.3 is 10.4 Å². The van der Waals surface area contributed by atoms with Crippen LogP contribution >= 0.6 is 11.6 Å². The lowest BCUT2D eigenvalue weighted by Crippen LogP contribution is -2.31. The molecule has 2 rings (SSSR count). The van der Waals surface area contributed by atoms with Gasteiger partial charge in [0.15, 0.2) is 9.84 Å². The van der Waals surface area contributed by atoms with E-state index in [9.17, 15) is 13.5 Å². The second-order valence-electron chi connectivity index (χ2n) is 4.36. The molecule has 0 radical (unpaired) electrons. The number of aliphatic hydroxyl groups is 1. The summed E-state index contributed by atoms with van der Waals surface area (Å²) in [6, 6.07) is 4.94. The van der Waals surface area contributed by atoms with Crippen molar-refractivity contribution in [2.24, 2.45) is 0 Å². The van der Waals surface area contributed by atoms with Crippen LogP contribution < -0.4 is 5.32 Å². The van der Waals surface area contributed by atoms with Crippen molar-refractivity contribution < 1.29 is 13.5 Å². The fourth-order valence-corrected chi connectivity index (χ4v) is 3.79. The van der Waals surface area contributed by atoms with Crippen molar-refractivity contribution >= 4 is 27.1 Å². The van der Waals surface area contributed by atoms with Crippen LogP contribution in [0.3, 0.4) is 0 Å². The van der Waals surface area contributed by atoms with Gasteiger partial charge >= 0.3 is 0 Å². The van der Waals surface area contributed by atoms with Crippen molar-refractivity contribution in [3.8, 4) is 0 Å². The van der Waals surface area contributed by atoms with Gasteiger partial charge in [0.2, 0.25) is 0 Å². The Balaban J connectivity index is 2.14. The zero-order valence-electron chi connectivity index (χ0n) is 9.35. The minimum absolute atomic E-state index is 0.0420. The third kappa shape index (κ3) is 2.91. The van der Waals surface area contributed by atoms with Crippen molar-refractivity contribution in [1.82, 2.24) is 0 Å². The van der Waals surface area contributed by atoms with Crippen molar-refractivity contribution in [2.75, 3.05) is 16.8 Å². The maximum absolute atomic E-state index is 11.3. The number of anilines is 1. The molecule has 1 saturated heterocycles. The quantitative estimate of drug-likeness (QED) is 0.852. The molecule has 0 amide bonds. The molecule has 0 saturated carbocycles. The van der Waals surface area contributed by atoms with E-state index in [0.717, 1.165) is 11.3 Å². The molecule has 1 fully saturated rings. The number of halogens is 1. The highest BCUT2D eigenvalue weighted by atomic mass is 35.5. The minimum Gasteiger partial charge on any atom is -0.390 e. The van der Waals surface area contributed by atoms with Crippen LogP contribution in [0.2, 0.25) is 5.02 Å². The molecule has 94 valence electrons. The van der Waals surface area contributed by atoms with Crippen molar-refractivity contribution in [2.45, 2.75) is 19.1 Å². The van der Waals surface area contributed by atoms with E-state index in [-0.39, 0.29) is 11.5 Å². The van der Waals surface area contributed by atoms with Crippen LogP contribution in [0.25, 0.3) is 0 Å². The fraction of sp³-hybridized carbons (Fsp3) is 0.455. The fourth-order valence-electron chi connectivity index (χ4n) is 1.86. The lowest BCUT2D eigenvalue weighted by molar-refractivity contribution is 0.190. The van der Waals surface area contributed by atoms with E-state index >= 15 is 0 Å². The van der Waals surface area contributed by atoms with E-state index in [0.29, 0.717) is 5.02 Å². The monoisotopic (exact) mass is 275 g/mol. The Morgan fingerprint density at radius 3 is 2.65 bits per heavy atom. The molecule has 1 aliphatic heterocycles. The van der Waals surface area contributed by atoms with Gasteiger partial charge in [-0.2, -0.15) is 0 Å². The van der Waals surface area contributed by atoms with E-state index < -0.39 is 22.0 Å². The van der Waals surface area contributed by atoms with E-state index in [1.807, 2.05) is 19.1 Å². The van der Waals surface area contributed by atoms with Crippen LogP contribution in [0.5, 0.6) is 0 Å². The number of nitrogens with one attached hydrogen (secondary N) is 1. The van der Waals surface area contributed by atoms with Gasteiger partial charge in [-0.3, -0.25) is 0 Å². The predicted octanol–water partition coefficient (Wildman–Crippen LogP) is 1.22. The van der Waals surface area contributed by atoms with Crippen LogP contribution in [0.1, 0.15) is 5.56 Å². The van der Waals surface area contributed by atoms with Gasteiger partial charge in [0, 0.05) is 10.7 Å². The largest absolute Gasteiger partial charge is 0.390 e. The summed E-state index contributed by atoms with van der Waals surface area (Å²) in [5, 5.41) is 13.3.